The number of benzene rings is 1. The van der Waals surface area contributed by atoms with Crippen LogP contribution in [0.15, 0.2) is 35.3 Å². The molecule has 2 N–H and O–H groups in total. The molecule has 3 heterocycles. The summed E-state index contributed by atoms with van der Waals surface area (Å²) in [6, 6.07) is 6.17. The lowest BCUT2D eigenvalue weighted by molar-refractivity contribution is -0.539. The number of aromatic nitrogens is 2. The second-order valence-electron chi connectivity index (χ2n) is 11.7. The van der Waals surface area contributed by atoms with Gasteiger partial charge in [-0.15, -0.1) is 0 Å². The first-order chi connectivity index (χ1) is 16.9. The number of hydroxylamine groups is 6. The third kappa shape index (κ3) is 3.57. The minimum Gasteiger partial charge on any atom is -0.714 e. The van der Waals surface area contributed by atoms with Gasteiger partial charge in [0.15, 0.2) is 11.1 Å². The van der Waals surface area contributed by atoms with Gasteiger partial charge in [0.1, 0.15) is 16.9 Å². The minimum absolute atomic E-state index is 0.00249. The van der Waals surface area contributed by atoms with Crippen molar-refractivity contribution >= 4 is 17.5 Å². The van der Waals surface area contributed by atoms with E-state index < -0.39 is 27.8 Å². The number of hydrogen-bond donors (Lipinski definition) is 1. The van der Waals surface area contributed by atoms with Crippen molar-refractivity contribution in [1.82, 2.24) is 19.7 Å². The van der Waals surface area contributed by atoms with Crippen LogP contribution in [0, 0.1) is 10.4 Å². The van der Waals surface area contributed by atoms with Gasteiger partial charge in [-0.25, -0.2) is 4.79 Å². The number of anilines is 1. The zero-order valence-electron chi connectivity index (χ0n) is 22.4. The lowest BCUT2D eigenvalue weighted by Crippen LogP contribution is -2.53. The Hall–Kier alpha value is -3.64. The summed E-state index contributed by atoms with van der Waals surface area (Å²) in [6.07, 6.45) is 1.47. The number of nitrogen functional groups attached to an aromatic ring is 1. The molecular formula is C25H33N7O5. The molecule has 0 saturated carbocycles. The van der Waals surface area contributed by atoms with Gasteiger partial charge in [0.25, 0.3) is 0 Å². The lowest BCUT2D eigenvalue weighted by Gasteiger charge is -2.32. The van der Waals surface area contributed by atoms with Crippen LogP contribution in [-0.2, 0) is 17.0 Å². The van der Waals surface area contributed by atoms with E-state index in [2.05, 4.69) is 4.98 Å². The van der Waals surface area contributed by atoms with Crippen LogP contribution in [0.3, 0.4) is 0 Å². The molecule has 0 amide bonds. The van der Waals surface area contributed by atoms with Gasteiger partial charge < -0.3 is 16.1 Å². The fourth-order valence-corrected chi connectivity index (χ4v) is 4.49. The molecule has 0 saturated heterocycles. The Labute approximate surface area is 215 Å². The zero-order chi connectivity index (χ0) is 27.9. The predicted octanol–water partition coefficient (Wildman–Crippen LogP) is 1.82. The lowest BCUT2D eigenvalue weighted by atomic mass is 9.84. The van der Waals surface area contributed by atoms with E-state index in [1.54, 1.807) is 67.5 Å². The van der Waals surface area contributed by atoms with E-state index in [-0.39, 0.29) is 35.2 Å². The maximum atomic E-state index is 13.4. The van der Waals surface area contributed by atoms with Gasteiger partial charge in [0, 0.05) is 16.6 Å². The topological polar surface area (TPSA) is 159 Å². The third-order valence-corrected chi connectivity index (χ3v) is 8.55. The highest BCUT2D eigenvalue weighted by Gasteiger charge is 2.61. The van der Waals surface area contributed by atoms with Gasteiger partial charge in [-0.2, -0.15) is 4.98 Å². The van der Waals surface area contributed by atoms with Crippen molar-refractivity contribution in [1.29, 1.82) is 0 Å². The molecular weight excluding hydrogens is 478 g/mol. The number of hydrogen-bond acceptors (Lipinski definition) is 7. The van der Waals surface area contributed by atoms with Crippen molar-refractivity contribution in [3.05, 3.63) is 68.1 Å². The van der Waals surface area contributed by atoms with Crippen LogP contribution in [0.5, 0.6) is 0 Å². The van der Waals surface area contributed by atoms with Gasteiger partial charge in [-0.3, -0.25) is 14.0 Å². The first kappa shape index (κ1) is 26.4. The summed E-state index contributed by atoms with van der Waals surface area (Å²) in [7, 11) is 0. The first-order valence-corrected chi connectivity index (χ1v) is 12.0. The smallest absolute Gasteiger partial charge is 0.349 e. The van der Waals surface area contributed by atoms with Crippen LogP contribution < -0.4 is 11.4 Å². The fourth-order valence-electron chi connectivity index (χ4n) is 4.49. The Kier molecular flexibility index (Phi) is 5.66. The third-order valence-electron chi connectivity index (χ3n) is 8.55. The van der Waals surface area contributed by atoms with E-state index in [4.69, 9.17) is 5.73 Å². The number of rotatable bonds is 4. The van der Waals surface area contributed by atoms with Crippen molar-refractivity contribution in [2.24, 2.45) is 0 Å². The molecule has 1 aromatic carbocycles. The Morgan fingerprint density at radius 3 is 1.62 bits per heavy atom. The van der Waals surface area contributed by atoms with Crippen LogP contribution in [0.1, 0.15) is 72.1 Å². The quantitative estimate of drug-likeness (QED) is 0.484. The molecule has 12 nitrogen and oxygen atoms in total. The maximum Gasteiger partial charge on any atom is 0.349 e. The summed E-state index contributed by atoms with van der Waals surface area (Å²) >= 11 is 0. The maximum absolute atomic E-state index is 13.4. The monoisotopic (exact) mass is 511 g/mol. The highest BCUT2D eigenvalue weighted by molar-refractivity contribution is 6.01. The summed E-state index contributed by atoms with van der Waals surface area (Å²) < 4.78 is 2.63. The molecule has 2 aliphatic rings. The molecule has 0 spiro atoms. The van der Waals surface area contributed by atoms with Crippen molar-refractivity contribution in [3.63, 3.8) is 0 Å². The summed E-state index contributed by atoms with van der Waals surface area (Å²) in [5.74, 6) is -0.221. The summed E-state index contributed by atoms with van der Waals surface area (Å²) in [4.78, 5) is 16.1. The van der Waals surface area contributed by atoms with E-state index >= 15 is 0 Å². The molecule has 2 aromatic rings. The highest BCUT2D eigenvalue weighted by atomic mass is 16.5. The van der Waals surface area contributed by atoms with Gasteiger partial charge in [0.2, 0.25) is 0 Å². The average molecular weight is 512 g/mol. The van der Waals surface area contributed by atoms with E-state index in [0.717, 1.165) is 0 Å². The molecule has 37 heavy (non-hydrogen) atoms. The molecule has 0 unspecified atom stereocenters. The number of amidine groups is 2. The zero-order valence-corrected chi connectivity index (χ0v) is 22.4. The molecule has 1 aromatic heterocycles. The van der Waals surface area contributed by atoms with Crippen LogP contribution in [-0.4, -0.2) is 63.0 Å². The summed E-state index contributed by atoms with van der Waals surface area (Å²) in [6.45, 7) is 13.4. The highest BCUT2D eigenvalue weighted by Crippen LogP contribution is 2.39. The Bertz CT molecular complexity index is 1330. The van der Waals surface area contributed by atoms with Crippen molar-refractivity contribution in [3.8, 4) is 0 Å². The largest absolute Gasteiger partial charge is 0.714 e. The van der Waals surface area contributed by atoms with Crippen LogP contribution in [0.25, 0.3) is 0 Å². The van der Waals surface area contributed by atoms with Crippen molar-refractivity contribution in [2.45, 2.75) is 84.1 Å². The standard InChI is InChI=1S/C25H33N7O5/c1-22(2)23(3,4)30(35)19(29(22)34)16-11-15(14-28-10-9-18(26)27-21(28)33)12-17(13-16)20-31(36)24(5,6)25(7,8)32(20)37/h9-13H,14H2,1-8H3,(H2,26,27,33). The van der Waals surface area contributed by atoms with Gasteiger partial charge in [-0.05, 0) is 85.2 Å². The summed E-state index contributed by atoms with van der Waals surface area (Å²) in [5.41, 5.74) is 1.66. The molecule has 0 fully saturated rings. The minimum atomic E-state index is -1.07. The van der Waals surface area contributed by atoms with Crippen molar-refractivity contribution < 1.29 is 19.9 Å². The van der Waals surface area contributed by atoms with Crippen LogP contribution in [0.2, 0.25) is 0 Å². The second kappa shape index (κ2) is 7.93. The molecule has 2 aliphatic heterocycles. The summed E-state index contributed by atoms with van der Waals surface area (Å²) in [5, 5.41) is 54.9. The SMILES string of the molecule is CC1(C)N([O])C(c2cc(Cn3ccc(N)nc3=O)cc(C3=[N+]([O-])C(C)(C)C(C)(C)N3[O])c2)=[N+]([O-])C1(C)C. The molecule has 12 heteroatoms. The Morgan fingerprint density at radius 1 is 0.838 bits per heavy atom. The number of nitrogens with zero attached hydrogens (tertiary/aromatic N) is 6. The van der Waals surface area contributed by atoms with E-state index in [1.807, 2.05) is 0 Å². The van der Waals surface area contributed by atoms with Gasteiger partial charge in [0.05, 0.1) is 17.7 Å². The van der Waals surface area contributed by atoms with Crippen molar-refractivity contribution in [2.75, 3.05) is 5.73 Å². The predicted molar refractivity (Wildman–Crippen MR) is 135 cm³/mol. The van der Waals surface area contributed by atoms with Gasteiger partial charge >= 0.3 is 17.4 Å². The van der Waals surface area contributed by atoms with Gasteiger partial charge in [-0.1, -0.05) is 10.1 Å². The fraction of sp³-hybridized carbons (Fsp3) is 0.520. The number of nitrogens with two attached hydrogens (primary N) is 1. The molecule has 0 atom stereocenters. The Balaban J connectivity index is 1.97. The van der Waals surface area contributed by atoms with E-state index in [9.17, 15) is 25.6 Å². The average Bonchev–Trinajstić information content (AvgIpc) is 2.99. The molecule has 2 radical (unpaired) electrons. The van der Waals surface area contributed by atoms with E-state index in [1.165, 1.54) is 22.9 Å². The molecule has 0 bridgehead atoms. The van der Waals surface area contributed by atoms with Crippen LogP contribution >= 0.6 is 0 Å². The molecule has 0 aliphatic carbocycles. The first-order valence-electron chi connectivity index (χ1n) is 12.0. The normalized spacial score (nSPS) is 21.8. The molecule has 4 rings (SSSR count). The second-order valence-corrected chi connectivity index (χ2v) is 11.7. The molecule has 198 valence electrons. The van der Waals surface area contributed by atoms with E-state index in [0.29, 0.717) is 25.2 Å². The van der Waals surface area contributed by atoms with Crippen LogP contribution in [0.4, 0.5) is 5.82 Å². The Morgan fingerprint density at radius 2 is 1.27 bits per heavy atom.